The van der Waals surface area contributed by atoms with Gasteiger partial charge in [0.1, 0.15) is 5.82 Å². The van der Waals surface area contributed by atoms with Gasteiger partial charge >= 0.3 is 5.97 Å². The third-order valence-electron chi connectivity index (χ3n) is 6.66. The number of halogens is 1. The number of nitrogens with zero attached hydrogens (tertiary/aromatic N) is 1. The molecule has 6 heteroatoms. The van der Waals surface area contributed by atoms with Crippen LogP contribution in [-0.4, -0.2) is 36.3 Å². The van der Waals surface area contributed by atoms with Crippen molar-refractivity contribution >= 4 is 11.7 Å². The number of hydroxylamine groups is 1. The number of benzene rings is 1. The summed E-state index contributed by atoms with van der Waals surface area (Å²) >= 11 is 0. The van der Waals surface area contributed by atoms with Crippen molar-refractivity contribution in [2.75, 3.05) is 19.7 Å². The van der Waals surface area contributed by atoms with Crippen molar-refractivity contribution in [1.82, 2.24) is 10.4 Å². The number of rotatable bonds is 4. The van der Waals surface area contributed by atoms with Crippen LogP contribution < -0.4 is 5.48 Å². The fraction of sp³-hybridized carbons (Fsp3) is 0.571. The third-order valence-corrected chi connectivity index (χ3v) is 6.66. The normalized spacial score (nSPS) is 34.8. The lowest BCUT2D eigenvalue weighted by molar-refractivity contribution is -0.165. The van der Waals surface area contributed by atoms with Gasteiger partial charge in [-0.2, -0.15) is 0 Å². The number of nitrogens with one attached hydrogen (secondary N) is 1. The number of likely N-dealkylation sites (tertiary alicyclic amines) is 1. The lowest BCUT2D eigenvalue weighted by Gasteiger charge is -2.41. The molecule has 5 rings (SSSR count). The molecule has 0 amide bonds. The summed E-state index contributed by atoms with van der Waals surface area (Å²) in [5, 5.41) is 0. The van der Waals surface area contributed by atoms with Crippen molar-refractivity contribution in [2.45, 2.75) is 38.3 Å². The summed E-state index contributed by atoms with van der Waals surface area (Å²) in [6, 6.07) is 6.53. The second kappa shape index (κ2) is 6.31. The van der Waals surface area contributed by atoms with Crippen molar-refractivity contribution in [3.05, 3.63) is 41.2 Å². The maximum atomic E-state index is 13.4. The molecule has 2 heterocycles. The molecule has 2 saturated carbocycles. The predicted octanol–water partition coefficient (Wildman–Crippen LogP) is 3.08. The van der Waals surface area contributed by atoms with E-state index in [1.807, 2.05) is 6.92 Å². The zero-order valence-electron chi connectivity index (χ0n) is 15.5. The summed E-state index contributed by atoms with van der Waals surface area (Å²) in [5.41, 5.74) is 5.68. The van der Waals surface area contributed by atoms with Crippen LogP contribution in [0.4, 0.5) is 4.39 Å². The fourth-order valence-electron chi connectivity index (χ4n) is 5.51. The average Bonchev–Trinajstić information content (AvgIpc) is 3.03. The summed E-state index contributed by atoms with van der Waals surface area (Å²) < 4.78 is 18.7. The van der Waals surface area contributed by atoms with Crippen molar-refractivity contribution in [3.63, 3.8) is 0 Å². The fourth-order valence-corrected chi connectivity index (χ4v) is 5.51. The highest BCUT2D eigenvalue weighted by molar-refractivity contribution is 5.79. The van der Waals surface area contributed by atoms with Crippen LogP contribution in [0.5, 0.6) is 0 Å². The van der Waals surface area contributed by atoms with Gasteiger partial charge in [-0.05, 0) is 62.8 Å². The minimum atomic E-state index is -0.569. The molecule has 0 spiro atoms. The topological polar surface area (TPSA) is 50.8 Å². The van der Waals surface area contributed by atoms with E-state index >= 15 is 0 Å². The summed E-state index contributed by atoms with van der Waals surface area (Å²) in [5.74, 6) is 0.0255. The number of fused-ring (bicyclic) bond motifs is 3. The molecule has 0 aromatic heterocycles. The largest absolute Gasteiger partial charge is 0.466 e. The van der Waals surface area contributed by atoms with Crippen molar-refractivity contribution in [1.29, 1.82) is 0 Å². The first-order valence-corrected chi connectivity index (χ1v) is 10.0. The first kappa shape index (κ1) is 17.2. The third kappa shape index (κ3) is 2.46. The number of esters is 1. The van der Waals surface area contributed by atoms with Gasteiger partial charge in [0.2, 0.25) is 0 Å². The molecule has 2 aliphatic carbocycles. The van der Waals surface area contributed by atoms with Gasteiger partial charge in [-0.15, -0.1) is 0 Å². The van der Waals surface area contributed by atoms with E-state index in [2.05, 4.69) is 10.4 Å². The Bertz CT molecular complexity index is 787. The van der Waals surface area contributed by atoms with E-state index in [1.54, 1.807) is 12.1 Å². The van der Waals surface area contributed by atoms with E-state index in [4.69, 9.17) is 9.57 Å². The molecule has 1 N–H and O–H groups in total. The standard InChI is InChI=1S/C21H25FN2O3/c1-2-26-20(25)17-15-9-10-16-19(13-5-7-14(22)8-6-13)23-27-21(16,18(15)17)24-11-3-4-12-24/h5-8,15,17-18,23H,2-4,9-12H2,1H3. The number of hydrogen-bond donors (Lipinski definition) is 1. The van der Waals surface area contributed by atoms with Crippen LogP contribution in [0.1, 0.15) is 38.2 Å². The Morgan fingerprint density at radius 2 is 2.07 bits per heavy atom. The van der Waals surface area contributed by atoms with E-state index in [0.717, 1.165) is 50.0 Å². The molecule has 1 aromatic rings. The molecule has 144 valence electrons. The molecule has 5 nitrogen and oxygen atoms in total. The molecular formula is C21H25FN2O3. The van der Waals surface area contributed by atoms with Gasteiger partial charge in [0.25, 0.3) is 0 Å². The maximum absolute atomic E-state index is 13.4. The van der Waals surface area contributed by atoms with Crippen LogP contribution >= 0.6 is 0 Å². The van der Waals surface area contributed by atoms with Crippen LogP contribution in [0, 0.1) is 23.6 Å². The highest BCUT2D eigenvalue weighted by Gasteiger charge is 2.72. The molecule has 4 atom stereocenters. The Kier molecular flexibility index (Phi) is 4.02. The van der Waals surface area contributed by atoms with Crippen LogP contribution in [0.2, 0.25) is 0 Å². The summed E-state index contributed by atoms with van der Waals surface area (Å²) in [7, 11) is 0. The first-order valence-electron chi connectivity index (χ1n) is 10.0. The van der Waals surface area contributed by atoms with Gasteiger partial charge in [-0.25, -0.2) is 9.23 Å². The maximum Gasteiger partial charge on any atom is 0.309 e. The number of carbonyl (C=O) groups is 1. The van der Waals surface area contributed by atoms with E-state index in [1.165, 1.54) is 17.7 Å². The van der Waals surface area contributed by atoms with E-state index in [9.17, 15) is 9.18 Å². The molecule has 4 unspecified atom stereocenters. The van der Waals surface area contributed by atoms with Gasteiger partial charge < -0.3 is 4.74 Å². The van der Waals surface area contributed by atoms with Gasteiger partial charge in [0, 0.05) is 30.1 Å². The number of carbonyl (C=O) groups excluding carboxylic acids is 1. The van der Waals surface area contributed by atoms with Gasteiger partial charge in [-0.3, -0.25) is 15.2 Å². The molecule has 2 aliphatic heterocycles. The highest BCUT2D eigenvalue weighted by atomic mass is 19.1. The Labute approximate surface area is 158 Å². The smallest absolute Gasteiger partial charge is 0.309 e. The second-order valence-corrected chi connectivity index (χ2v) is 7.96. The van der Waals surface area contributed by atoms with E-state index < -0.39 is 5.72 Å². The number of ether oxygens (including phenoxy) is 1. The molecule has 0 radical (unpaired) electrons. The monoisotopic (exact) mass is 372 g/mol. The first-order chi connectivity index (χ1) is 13.2. The van der Waals surface area contributed by atoms with Crippen molar-refractivity contribution in [3.8, 4) is 0 Å². The minimum Gasteiger partial charge on any atom is -0.466 e. The van der Waals surface area contributed by atoms with Crippen molar-refractivity contribution < 1.29 is 18.8 Å². The summed E-state index contributed by atoms with van der Waals surface area (Å²) in [4.78, 5) is 21.3. The van der Waals surface area contributed by atoms with Crippen LogP contribution in [0.25, 0.3) is 5.70 Å². The minimum absolute atomic E-state index is 0.0857. The van der Waals surface area contributed by atoms with Gasteiger partial charge in [0.05, 0.1) is 18.2 Å². The Balaban J connectivity index is 1.56. The molecule has 3 fully saturated rings. The quantitative estimate of drug-likeness (QED) is 0.823. The summed E-state index contributed by atoms with van der Waals surface area (Å²) in [6.07, 6.45) is 4.14. The lowest BCUT2D eigenvalue weighted by atomic mass is 9.83. The van der Waals surface area contributed by atoms with Crippen LogP contribution in [0.15, 0.2) is 29.8 Å². The van der Waals surface area contributed by atoms with E-state index in [-0.39, 0.29) is 23.6 Å². The zero-order chi connectivity index (χ0) is 18.6. The lowest BCUT2D eigenvalue weighted by Crippen LogP contribution is -2.53. The van der Waals surface area contributed by atoms with E-state index in [0.29, 0.717) is 12.5 Å². The Morgan fingerprint density at radius 3 is 2.78 bits per heavy atom. The molecule has 27 heavy (non-hydrogen) atoms. The zero-order valence-corrected chi connectivity index (χ0v) is 15.5. The molecule has 4 aliphatic rings. The Morgan fingerprint density at radius 1 is 1.33 bits per heavy atom. The molecule has 1 saturated heterocycles. The van der Waals surface area contributed by atoms with Crippen LogP contribution in [-0.2, 0) is 14.4 Å². The summed E-state index contributed by atoms with van der Waals surface area (Å²) in [6.45, 7) is 4.21. The molecular weight excluding hydrogens is 347 g/mol. The predicted molar refractivity (Wildman–Crippen MR) is 97.4 cm³/mol. The average molecular weight is 372 g/mol. The SMILES string of the molecule is CCOC(=O)C1C2CCC3=C(c4ccc(F)cc4)NOC3(N3CCCC3)C21. The number of hydrogen-bond acceptors (Lipinski definition) is 5. The highest BCUT2D eigenvalue weighted by Crippen LogP contribution is 2.66. The molecule has 0 bridgehead atoms. The van der Waals surface area contributed by atoms with Crippen molar-refractivity contribution in [2.24, 2.45) is 17.8 Å². The molecule has 1 aromatic carbocycles. The van der Waals surface area contributed by atoms with Gasteiger partial charge in [-0.1, -0.05) is 0 Å². The van der Waals surface area contributed by atoms with Gasteiger partial charge in [0.15, 0.2) is 5.72 Å². The van der Waals surface area contributed by atoms with Crippen LogP contribution in [0.3, 0.4) is 0 Å². The Hall–Kier alpha value is -1.92. The second-order valence-electron chi connectivity index (χ2n) is 7.96.